The van der Waals surface area contributed by atoms with Gasteiger partial charge in [0.25, 0.3) is 0 Å². The van der Waals surface area contributed by atoms with Gasteiger partial charge in [-0.2, -0.15) is 13.2 Å². The highest BCUT2D eigenvalue weighted by Crippen LogP contribution is 2.32. The molecule has 23 heavy (non-hydrogen) atoms. The van der Waals surface area contributed by atoms with E-state index < -0.39 is 23.6 Å². The quantitative estimate of drug-likeness (QED) is 0.827. The van der Waals surface area contributed by atoms with Crippen molar-refractivity contribution < 1.29 is 22.4 Å². The first kappa shape index (κ1) is 16.8. The van der Waals surface area contributed by atoms with Crippen molar-refractivity contribution >= 4 is 11.7 Å². The molecule has 0 aliphatic carbocycles. The number of benzene rings is 2. The van der Waals surface area contributed by atoms with E-state index in [1.54, 1.807) is 0 Å². The van der Waals surface area contributed by atoms with E-state index in [-0.39, 0.29) is 12.1 Å². The number of nitrogens with one attached hydrogen (secondary N) is 1. The van der Waals surface area contributed by atoms with Gasteiger partial charge in [-0.3, -0.25) is 0 Å². The number of halogens is 4. The average molecular weight is 326 g/mol. The molecule has 0 fully saturated rings. The standard InChI is InChI=1S/C16H14F4N2O/c1-22(15(23)21-13-8-6-12(17)7-9-13)10-11-4-2-3-5-14(11)16(18,19)20/h2-9H,10H2,1H3,(H,21,23). The molecule has 122 valence electrons. The van der Waals surface area contributed by atoms with E-state index in [1.165, 1.54) is 49.5 Å². The summed E-state index contributed by atoms with van der Waals surface area (Å²) in [6.07, 6.45) is -4.48. The number of carbonyl (C=O) groups excluding carboxylic acids is 1. The molecule has 0 spiro atoms. The summed E-state index contributed by atoms with van der Waals surface area (Å²) in [5.74, 6) is -0.449. The number of anilines is 1. The van der Waals surface area contributed by atoms with Crippen LogP contribution >= 0.6 is 0 Å². The Labute approximate surface area is 130 Å². The lowest BCUT2D eigenvalue weighted by molar-refractivity contribution is -0.138. The Morgan fingerprint density at radius 2 is 1.70 bits per heavy atom. The highest BCUT2D eigenvalue weighted by atomic mass is 19.4. The summed E-state index contributed by atoms with van der Waals surface area (Å²) in [7, 11) is 1.38. The van der Waals surface area contributed by atoms with Gasteiger partial charge in [-0.25, -0.2) is 9.18 Å². The van der Waals surface area contributed by atoms with E-state index >= 15 is 0 Å². The van der Waals surface area contributed by atoms with Crippen molar-refractivity contribution in [1.29, 1.82) is 0 Å². The number of rotatable bonds is 3. The first-order valence-electron chi connectivity index (χ1n) is 6.70. The highest BCUT2D eigenvalue weighted by Gasteiger charge is 2.33. The lowest BCUT2D eigenvalue weighted by atomic mass is 10.1. The van der Waals surface area contributed by atoms with Gasteiger partial charge in [-0.15, -0.1) is 0 Å². The molecule has 0 radical (unpaired) electrons. The fourth-order valence-electron chi connectivity index (χ4n) is 2.01. The summed E-state index contributed by atoms with van der Waals surface area (Å²) in [6.45, 7) is -0.206. The number of carbonyl (C=O) groups is 1. The second-order valence-electron chi connectivity index (χ2n) is 4.95. The molecule has 2 rings (SSSR count). The summed E-state index contributed by atoms with van der Waals surface area (Å²) >= 11 is 0. The van der Waals surface area contributed by atoms with Crippen LogP contribution in [0.2, 0.25) is 0 Å². The molecule has 2 amide bonds. The van der Waals surface area contributed by atoms with Crippen LogP contribution < -0.4 is 5.32 Å². The first-order chi connectivity index (χ1) is 10.8. The van der Waals surface area contributed by atoms with E-state index in [1.807, 2.05) is 0 Å². The monoisotopic (exact) mass is 326 g/mol. The highest BCUT2D eigenvalue weighted by molar-refractivity contribution is 5.89. The van der Waals surface area contributed by atoms with Gasteiger partial charge < -0.3 is 10.2 Å². The normalized spacial score (nSPS) is 11.2. The van der Waals surface area contributed by atoms with Gasteiger partial charge in [0.05, 0.1) is 5.56 Å². The molecule has 2 aromatic rings. The predicted molar refractivity (Wildman–Crippen MR) is 78.3 cm³/mol. The number of amides is 2. The number of hydrogen-bond donors (Lipinski definition) is 1. The average Bonchev–Trinajstić information content (AvgIpc) is 2.49. The number of nitrogens with zero attached hydrogens (tertiary/aromatic N) is 1. The van der Waals surface area contributed by atoms with Gasteiger partial charge in [0.2, 0.25) is 0 Å². The summed E-state index contributed by atoms with van der Waals surface area (Å²) in [4.78, 5) is 13.1. The lowest BCUT2D eigenvalue weighted by Crippen LogP contribution is -2.31. The molecular weight excluding hydrogens is 312 g/mol. The maximum absolute atomic E-state index is 12.9. The fraction of sp³-hybridized carbons (Fsp3) is 0.188. The van der Waals surface area contributed by atoms with E-state index in [2.05, 4.69) is 5.32 Å². The summed E-state index contributed by atoms with van der Waals surface area (Å²) in [5, 5.41) is 2.49. The van der Waals surface area contributed by atoms with Crippen LogP contribution in [0.5, 0.6) is 0 Å². The number of alkyl halides is 3. The van der Waals surface area contributed by atoms with Crippen LogP contribution in [-0.2, 0) is 12.7 Å². The molecule has 0 aliphatic rings. The van der Waals surface area contributed by atoms with Gasteiger partial charge in [0, 0.05) is 19.3 Å². The second-order valence-corrected chi connectivity index (χ2v) is 4.95. The topological polar surface area (TPSA) is 32.3 Å². The Morgan fingerprint density at radius 3 is 2.30 bits per heavy atom. The Balaban J connectivity index is 2.08. The third-order valence-electron chi connectivity index (χ3n) is 3.17. The summed E-state index contributed by atoms with van der Waals surface area (Å²) in [5.41, 5.74) is -0.425. The van der Waals surface area contributed by atoms with Crippen LogP contribution in [0, 0.1) is 5.82 Å². The molecule has 2 aromatic carbocycles. The molecule has 0 aliphatic heterocycles. The molecule has 3 nitrogen and oxygen atoms in total. The van der Waals surface area contributed by atoms with E-state index in [4.69, 9.17) is 0 Å². The Bertz CT molecular complexity index is 683. The van der Waals surface area contributed by atoms with Crippen molar-refractivity contribution in [3.05, 3.63) is 65.5 Å². The molecule has 0 atom stereocenters. The van der Waals surface area contributed by atoms with Crippen LogP contribution in [0.1, 0.15) is 11.1 Å². The molecule has 0 aromatic heterocycles. The summed E-state index contributed by atoms with van der Waals surface area (Å²) in [6, 6.07) is 9.57. The maximum atomic E-state index is 12.9. The zero-order valence-corrected chi connectivity index (χ0v) is 12.2. The van der Waals surface area contributed by atoms with Crippen molar-refractivity contribution in [3.8, 4) is 0 Å². The van der Waals surface area contributed by atoms with Gasteiger partial charge in [-0.1, -0.05) is 18.2 Å². The van der Waals surface area contributed by atoms with E-state index in [0.717, 1.165) is 11.0 Å². The summed E-state index contributed by atoms with van der Waals surface area (Å²) < 4.78 is 51.6. The molecule has 0 bridgehead atoms. The first-order valence-corrected chi connectivity index (χ1v) is 6.70. The minimum absolute atomic E-state index is 0.00300. The molecular formula is C16H14F4N2O. The smallest absolute Gasteiger partial charge is 0.323 e. The van der Waals surface area contributed by atoms with Crippen molar-refractivity contribution in [3.63, 3.8) is 0 Å². The molecule has 0 unspecified atom stereocenters. The Morgan fingerprint density at radius 1 is 1.09 bits per heavy atom. The molecule has 1 N–H and O–H groups in total. The third kappa shape index (κ3) is 4.45. The van der Waals surface area contributed by atoms with Gasteiger partial charge in [0.1, 0.15) is 5.82 Å². The van der Waals surface area contributed by atoms with Crippen LogP contribution in [0.3, 0.4) is 0 Å². The predicted octanol–water partition coefficient (Wildman–Crippen LogP) is 4.51. The van der Waals surface area contributed by atoms with Gasteiger partial charge in [0.15, 0.2) is 0 Å². The largest absolute Gasteiger partial charge is 0.416 e. The number of hydrogen-bond acceptors (Lipinski definition) is 1. The molecule has 7 heteroatoms. The maximum Gasteiger partial charge on any atom is 0.416 e. The van der Waals surface area contributed by atoms with Crippen LogP contribution in [0.25, 0.3) is 0 Å². The minimum atomic E-state index is -4.48. The molecule has 0 heterocycles. The van der Waals surface area contributed by atoms with Crippen molar-refractivity contribution in [1.82, 2.24) is 4.90 Å². The van der Waals surface area contributed by atoms with E-state index in [9.17, 15) is 22.4 Å². The van der Waals surface area contributed by atoms with Crippen molar-refractivity contribution in [2.24, 2.45) is 0 Å². The SMILES string of the molecule is CN(Cc1ccccc1C(F)(F)F)C(=O)Nc1ccc(F)cc1. The number of urea groups is 1. The zero-order chi connectivity index (χ0) is 17.0. The Hall–Kier alpha value is -2.57. The van der Waals surface area contributed by atoms with E-state index in [0.29, 0.717) is 5.69 Å². The molecule has 0 saturated heterocycles. The third-order valence-corrected chi connectivity index (χ3v) is 3.17. The van der Waals surface area contributed by atoms with Crippen LogP contribution in [0.4, 0.5) is 28.0 Å². The minimum Gasteiger partial charge on any atom is -0.323 e. The van der Waals surface area contributed by atoms with Gasteiger partial charge >= 0.3 is 12.2 Å². The Kier molecular flexibility index (Phi) is 4.88. The second kappa shape index (κ2) is 6.68. The van der Waals surface area contributed by atoms with Crippen LogP contribution in [-0.4, -0.2) is 18.0 Å². The zero-order valence-electron chi connectivity index (χ0n) is 12.2. The van der Waals surface area contributed by atoms with Crippen molar-refractivity contribution in [2.45, 2.75) is 12.7 Å². The molecule has 0 saturated carbocycles. The fourth-order valence-corrected chi connectivity index (χ4v) is 2.01. The van der Waals surface area contributed by atoms with Gasteiger partial charge in [-0.05, 0) is 35.9 Å². The van der Waals surface area contributed by atoms with Crippen LogP contribution in [0.15, 0.2) is 48.5 Å². The van der Waals surface area contributed by atoms with Crippen molar-refractivity contribution in [2.75, 3.05) is 12.4 Å². The lowest BCUT2D eigenvalue weighted by Gasteiger charge is -2.20.